The van der Waals surface area contributed by atoms with Crippen molar-refractivity contribution in [1.82, 2.24) is 29.6 Å². The average molecular weight is 691 g/mol. The quantitative estimate of drug-likeness (QED) is 0.129. The van der Waals surface area contributed by atoms with Gasteiger partial charge in [-0.1, -0.05) is 31.8 Å². The first-order valence-corrected chi connectivity index (χ1v) is 20.4. The third-order valence-corrected chi connectivity index (χ3v) is 9.60. The molecule has 1 aliphatic rings. The number of carbonyl (C=O) groups excluding carboxylic acids is 2. The molecule has 49 heavy (non-hydrogen) atoms. The summed E-state index contributed by atoms with van der Waals surface area (Å²) < 4.78 is 30.4. The van der Waals surface area contributed by atoms with Crippen LogP contribution in [0.2, 0.25) is 25.7 Å². The Hall–Kier alpha value is -4.56. The molecule has 3 aromatic heterocycles. The number of rotatable bonds is 12. The fourth-order valence-electron chi connectivity index (χ4n) is 5.53. The second-order valence-corrected chi connectivity index (χ2v) is 20.2. The summed E-state index contributed by atoms with van der Waals surface area (Å²) in [5.74, 6) is -0.855. The fraction of sp³-hybridized carbons (Fsp3) is 0.457. The highest BCUT2D eigenvalue weighted by Crippen LogP contribution is 2.32. The zero-order valence-electron chi connectivity index (χ0n) is 29.2. The molecule has 0 aliphatic carbocycles. The molecule has 1 fully saturated rings. The van der Waals surface area contributed by atoms with E-state index in [0.29, 0.717) is 37.6 Å². The van der Waals surface area contributed by atoms with Crippen molar-refractivity contribution in [2.24, 2.45) is 0 Å². The highest BCUT2D eigenvalue weighted by molar-refractivity contribution is 6.76. The van der Waals surface area contributed by atoms with E-state index in [1.165, 1.54) is 6.07 Å². The van der Waals surface area contributed by atoms with Crippen LogP contribution in [0.3, 0.4) is 0 Å². The minimum absolute atomic E-state index is 0.126. The van der Waals surface area contributed by atoms with Gasteiger partial charge in [-0.2, -0.15) is 5.10 Å². The second kappa shape index (κ2) is 15.3. The SMILES string of the molecule is CC(C)(C)OC(=O)NC1CCCN(c2c(F)cccc2NC(=O)c2nc(-c3cnn(Cc4cccnc4)c3)cn2COCC[Si](C)(C)C)C1. The minimum atomic E-state index is -1.33. The smallest absolute Gasteiger partial charge is 0.407 e. The van der Waals surface area contributed by atoms with Crippen molar-refractivity contribution >= 4 is 31.4 Å². The Bertz CT molecular complexity index is 1730. The molecule has 5 rings (SSSR count). The van der Waals surface area contributed by atoms with Crippen LogP contribution < -0.4 is 15.5 Å². The third kappa shape index (κ3) is 10.2. The average Bonchev–Trinajstić information content (AvgIpc) is 3.66. The highest BCUT2D eigenvalue weighted by Gasteiger charge is 2.28. The summed E-state index contributed by atoms with van der Waals surface area (Å²) in [7, 11) is -1.33. The Morgan fingerprint density at radius 1 is 1.10 bits per heavy atom. The van der Waals surface area contributed by atoms with Crippen LogP contribution in [-0.4, -0.2) is 75.7 Å². The van der Waals surface area contributed by atoms with Crippen molar-refractivity contribution in [1.29, 1.82) is 0 Å². The van der Waals surface area contributed by atoms with Gasteiger partial charge >= 0.3 is 6.09 Å². The number of nitrogens with one attached hydrogen (secondary N) is 2. The molecule has 1 unspecified atom stereocenters. The number of aromatic nitrogens is 5. The predicted octanol–water partition coefficient (Wildman–Crippen LogP) is 6.39. The normalized spacial score (nSPS) is 15.2. The topological polar surface area (TPSA) is 128 Å². The predicted molar refractivity (Wildman–Crippen MR) is 190 cm³/mol. The molecule has 1 aliphatic heterocycles. The Morgan fingerprint density at radius 2 is 1.92 bits per heavy atom. The molecule has 1 atom stereocenters. The van der Waals surface area contributed by atoms with Crippen LogP contribution in [-0.2, 0) is 22.7 Å². The molecule has 12 nitrogen and oxygen atoms in total. The summed E-state index contributed by atoms with van der Waals surface area (Å²) in [4.78, 5) is 37.1. The van der Waals surface area contributed by atoms with Gasteiger partial charge in [-0.05, 0) is 63.4 Å². The van der Waals surface area contributed by atoms with Crippen molar-refractivity contribution in [2.75, 3.05) is 29.9 Å². The summed E-state index contributed by atoms with van der Waals surface area (Å²) in [5, 5.41) is 10.3. The lowest BCUT2D eigenvalue weighted by molar-refractivity contribution is 0.0500. The molecule has 0 bridgehead atoms. The summed E-state index contributed by atoms with van der Waals surface area (Å²) >= 11 is 0. The maximum Gasteiger partial charge on any atom is 0.407 e. The van der Waals surface area contributed by atoms with Crippen LogP contribution in [0.25, 0.3) is 11.3 Å². The van der Waals surface area contributed by atoms with Crippen LogP contribution in [0.15, 0.2) is 61.3 Å². The number of para-hydroxylation sites is 1. The van der Waals surface area contributed by atoms with Crippen LogP contribution in [0.1, 0.15) is 49.8 Å². The molecule has 0 saturated carbocycles. The molecule has 1 saturated heterocycles. The summed E-state index contributed by atoms with van der Waals surface area (Å²) in [6, 6.07) is 9.17. The van der Waals surface area contributed by atoms with Gasteiger partial charge in [0.2, 0.25) is 5.82 Å². The van der Waals surface area contributed by atoms with Gasteiger partial charge in [0.1, 0.15) is 18.1 Å². The zero-order valence-corrected chi connectivity index (χ0v) is 30.2. The number of halogens is 1. The molecule has 14 heteroatoms. The lowest BCUT2D eigenvalue weighted by Crippen LogP contribution is -2.49. The van der Waals surface area contributed by atoms with E-state index in [2.05, 4.69) is 40.4 Å². The highest BCUT2D eigenvalue weighted by atomic mass is 28.3. The number of nitrogens with zero attached hydrogens (tertiary/aromatic N) is 6. The first-order chi connectivity index (χ1) is 23.2. The molecule has 2 N–H and O–H groups in total. The molecule has 4 heterocycles. The molecule has 0 radical (unpaired) electrons. The summed E-state index contributed by atoms with van der Waals surface area (Å²) in [6.07, 6.45) is 9.80. The molecule has 2 amide bonds. The molecule has 0 spiro atoms. The molecular weight excluding hydrogens is 644 g/mol. The van der Waals surface area contributed by atoms with Crippen LogP contribution in [0, 0.1) is 5.82 Å². The fourth-order valence-corrected chi connectivity index (χ4v) is 6.28. The van der Waals surface area contributed by atoms with Crippen molar-refractivity contribution in [3.63, 3.8) is 0 Å². The maximum atomic E-state index is 15.5. The van der Waals surface area contributed by atoms with Crippen LogP contribution >= 0.6 is 0 Å². The Kier molecular flexibility index (Phi) is 11.2. The molecular formula is C35H47FN8O4Si. The van der Waals surface area contributed by atoms with Gasteiger partial charge in [-0.25, -0.2) is 14.2 Å². The number of alkyl carbamates (subject to hydrolysis) is 1. The van der Waals surface area contributed by atoms with E-state index in [9.17, 15) is 9.59 Å². The van der Waals surface area contributed by atoms with Crippen LogP contribution in [0.4, 0.5) is 20.6 Å². The molecule has 262 valence electrons. The van der Waals surface area contributed by atoms with Gasteiger partial charge in [0.25, 0.3) is 5.91 Å². The number of anilines is 2. The van der Waals surface area contributed by atoms with E-state index in [-0.39, 0.29) is 24.3 Å². The lowest BCUT2D eigenvalue weighted by atomic mass is 10.0. The van der Waals surface area contributed by atoms with Gasteiger partial charge in [0.15, 0.2) is 0 Å². The number of hydrogen-bond donors (Lipinski definition) is 2. The first-order valence-electron chi connectivity index (χ1n) is 16.6. The largest absolute Gasteiger partial charge is 0.444 e. The number of hydrogen-bond acceptors (Lipinski definition) is 8. The van der Waals surface area contributed by atoms with Crippen molar-refractivity contribution in [2.45, 2.75) is 84.2 Å². The van der Waals surface area contributed by atoms with Crippen molar-refractivity contribution in [3.8, 4) is 11.3 Å². The van der Waals surface area contributed by atoms with Gasteiger partial charge in [0, 0.05) is 64.2 Å². The van der Waals surface area contributed by atoms with Crippen LogP contribution in [0.5, 0.6) is 0 Å². The first kappa shape index (κ1) is 35.7. The number of carbonyl (C=O) groups is 2. The minimum Gasteiger partial charge on any atom is -0.444 e. The number of pyridine rings is 1. The van der Waals surface area contributed by atoms with E-state index < -0.39 is 31.5 Å². The van der Waals surface area contributed by atoms with Gasteiger partial charge in [0.05, 0.1) is 29.8 Å². The van der Waals surface area contributed by atoms with E-state index in [1.807, 2.05) is 23.2 Å². The molecule has 4 aromatic rings. The number of amides is 2. The second-order valence-electron chi connectivity index (χ2n) is 14.6. The Morgan fingerprint density at radius 3 is 2.65 bits per heavy atom. The maximum absolute atomic E-state index is 15.5. The van der Waals surface area contributed by atoms with Gasteiger partial charge in [-0.3, -0.25) is 14.5 Å². The standard InChI is InChI=1S/C35H47FN8O4Si/c1-35(2,3)48-34(46)39-27-11-9-15-42(22-27)31-28(36)12-7-13-29(31)41-33(45)32-40-30(23-43(32)24-47-16-17-49(4,5)6)26-19-38-44(21-26)20-25-10-8-14-37-18-25/h7-8,10,12-14,18-19,21,23,27H,9,11,15-17,20,22,24H2,1-6H3,(H,39,46)(H,41,45). The Labute approximate surface area is 288 Å². The summed E-state index contributed by atoms with van der Waals surface area (Å²) in [6.45, 7) is 14.4. The number of imidazole rings is 1. The van der Waals surface area contributed by atoms with E-state index in [4.69, 9.17) is 14.5 Å². The Balaban J connectivity index is 1.36. The molecule has 1 aromatic carbocycles. The lowest BCUT2D eigenvalue weighted by Gasteiger charge is -2.36. The van der Waals surface area contributed by atoms with Crippen molar-refractivity contribution in [3.05, 3.63) is 78.5 Å². The number of benzene rings is 1. The number of ether oxygens (including phenoxy) is 2. The number of piperidine rings is 1. The summed E-state index contributed by atoms with van der Waals surface area (Å²) in [5.41, 5.74) is 2.23. The van der Waals surface area contributed by atoms with E-state index in [0.717, 1.165) is 30.0 Å². The monoisotopic (exact) mass is 690 g/mol. The van der Waals surface area contributed by atoms with Crippen molar-refractivity contribution < 1.29 is 23.5 Å². The van der Waals surface area contributed by atoms with E-state index >= 15 is 4.39 Å². The third-order valence-electron chi connectivity index (χ3n) is 7.90. The van der Waals surface area contributed by atoms with Gasteiger partial charge < -0.3 is 29.6 Å². The zero-order chi connectivity index (χ0) is 35.2. The van der Waals surface area contributed by atoms with Gasteiger partial charge in [-0.15, -0.1) is 0 Å². The van der Waals surface area contributed by atoms with E-state index in [1.54, 1.807) is 66.9 Å².